The van der Waals surface area contributed by atoms with Crippen molar-refractivity contribution in [2.24, 2.45) is 0 Å². The predicted octanol–water partition coefficient (Wildman–Crippen LogP) is 23.1. The van der Waals surface area contributed by atoms with E-state index in [0.29, 0.717) is 17.4 Å². The van der Waals surface area contributed by atoms with E-state index in [-0.39, 0.29) is 32.0 Å². The first-order valence-electron chi connectivity index (χ1n) is 36.7. The largest absolute Gasteiger partial charge is 0.756 e. The Morgan fingerprint density at radius 3 is 0.780 bits per heavy atom. The summed E-state index contributed by atoms with van der Waals surface area (Å²) in [4.78, 5) is 38.1. The first kappa shape index (κ1) is 81.0. The van der Waals surface area contributed by atoms with Crippen LogP contribution < -0.4 is 4.89 Å². The molecule has 0 fully saturated rings. The minimum absolute atomic E-state index is 0.0248. The van der Waals surface area contributed by atoms with Crippen LogP contribution in [0.2, 0.25) is 0 Å². The summed E-state index contributed by atoms with van der Waals surface area (Å²) in [5.74, 6) is -0.803. The van der Waals surface area contributed by atoms with Crippen molar-refractivity contribution in [3.8, 4) is 0 Å². The molecule has 0 aromatic rings. The molecule has 0 aromatic carbocycles. The van der Waals surface area contributed by atoms with Crippen LogP contribution in [0.5, 0.6) is 0 Å². The summed E-state index contributed by atoms with van der Waals surface area (Å²) in [5.41, 5.74) is 0. The fraction of sp³-hybridized carbons (Fsp3) is 0.972. The molecule has 10 heteroatoms. The van der Waals surface area contributed by atoms with E-state index < -0.39 is 26.5 Å². The van der Waals surface area contributed by atoms with E-state index in [2.05, 4.69) is 13.8 Å². The van der Waals surface area contributed by atoms with Gasteiger partial charge in [0.05, 0.1) is 27.7 Å². The van der Waals surface area contributed by atoms with Gasteiger partial charge in [-0.2, -0.15) is 0 Å². The summed E-state index contributed by atoms with van der Waals surface area (Å²) in [6.45, 7) is 4.34. The Morgan fingerprint density at radius 1 is 0.329 bits per heavy atom. The second-order valence-electron chi connectivity index (χ2n) is 26.7. The molecular weight excluding hydrogens is 1040 g/mol. The molecule has 0 aliphatic rings. The van der Waals surface area contributed by atoms with Crippen molar-refractivity contribution >= 4 is 19.8 Å². The molecule has 490 valence electrons. The molecule has 0 spiro atoms. The summed E-state index contributed by atoms with van der Waals surface area (Å²) < 4.78 is 34.3. The molecule has 0 saturated heterocycles. The van der Waals surface area contributed by atoms with Gasteiger partial charge in [0.15, 0.2) is 6.10 Å². The Hall–Kier alpha value is -0.990. The van der Waals surface area contributed by atoms with Crippen molar-refractivity contribution in [2.45, 2.75) is 405 Å². The molecule has 2 unspecified atom stereocenters. The smallest absolute Gasteiger partial charge is 0.306 e. The minimum Gasteiger partial charge on any atom is -0.756 e. The molecule has 0 heterocycles. The van der Waals surface area contributed by atoms with Crippen LogP contribution in [0.3, 0.4) is 0 Å². The van der Waals surface area contributed by atoms with Gasteiger partial charge < -0.3 is 27.9 Å². The predicted molar refractivity (Wildman–Crippen MR) is 352 cm³/mol. The standard InChI is InChI=1S/C72H144NO8P/c1-6-8-10-12-14-16-18-20-22-24-26-28-30-31-32-33-34-35-36-37-38-39-40-41-42-43-45-47-49-51-53-55-57-59-61-63-65-72(75)81-70(69-80-82(76,77)79-67-66-73(3,4)5)68-78-71(74)64-62-60-58-56-54-52-50-48-46-44-29-27-25-23-21-19-17-15-13-11-9-7-2/h70H,6-69H2,1-5H3. The Balaban J connectivity index is 3.90. The minimum atomic E-state index is -4.63. The van der Waals surface area contributed by atoms with Crippen LogP contribution >= 0.6 is 7.82 Å². The molecule has 0 aliphatic heterocycles. The first-order valence-corrected chi connectivity index (χ1v) is 38.2. The fourth-order valence-corrected chi connectivity index (χ4v) is 12.2. The number of rotatable bonds is 70. The van der Waals surface area contributed by atoms with E-state index in [0.717, 1.165) is 32.1 Å². The topological polar surface area (TPSA) is 111 Å². The molecule has 0 amide bonds. The lowest BCUT2D eigenvalue weighted by molar-refractivity contribution is -0.870. The average molecular weight is 1180 g/mol. The number of hydrogen-bond acceptors (Lipinski definition) is 8. The Kier molecular flexibility index (Phi) is 63.7. The molecule has 82 heavy (non-hydrogen) atoms. The number of quaternary nitrogens is 1. The van der Waals surface area contributed by atoms with Crippen molar-refractivity contribution < 1.29 is 42.1 Å². The summed E-state index contributed by atoms with van der Waals surface area (Å²) in [5, 5.41) is 0. The highest BCUT2D eigenvalue weighted by atomic mass is 31.2. The normalized spacial score (nSPS) is 13.0. The van der Waals surface area contributed by atoms with E-state index in [1.54, 1.807) is 0 Å². The summed E-state index contributed by atoms with van der Waals surface area (Å²) in [6.07, 6.45) is 77.8. The van der Waals surface area contributed by atoms with E-state index >= 15 is 0 Å². The van der Waals surface area contributed by atoms with Crippen molar-refractivity contribution in [3.63, 3.8) is 0 Å². The first-order chi connectivity index (χ1) is 40.0. The zero-order chi connectivity index (χ0) is 59.8. The maximum atomic E-state index is 12.9. The SMILES string of the molecule is CCCCCCCCCCCCCCCCCCCCCCCCCCCCCCCCCCCCCCC(=O)OC(COC(=O)CCCCCCCCCCCCCCCCCCCCCCCC)COP(=O)([O-])OCC[N+](C)(C)C. The van der Waals surface area contributed by atoms with Crippen LogP contribution in [0.25, 0.3) is 0 Å². The summed E-state index contributed by atoms with van der Waals surface area (Å²) >= 11 is 0. The van der Waals surface area contributed by atoms with Crippen molar-refractivity contribution in [2.75, 3.05) is 47.5 Å². The van der Waals surface area contributed by atoms with Gasteiger partial charge in [0.2, 0.25) is 0 Å². The van der Waals surface area contributed by atoms with Gasteiger partial charge in [0, 0.05) is 12.8 Å². The lowest BCUT2D eigenvalue weighted by Crippen LogP contribution is -2.37. The number of carbonyl (C=O) groups is 2. The number of likely N-dealkylation sites (N-methyl/N-ethyl adjacent to an activating group) is 1. The van der Waals surface area contributed by atoms with Gasteiger partial charge >= 0.3 is 11.9 Å². The van der Waals surface area contributed by atoms with Gasteiger partial charge in [-0.15, -0.1) is 0 Å². The van der Waals surface area contributed by atoms with Crippen LogP contribution in [0.4, 0.5) is 0 Å². The number of esters is 2. The van der Waals surface area contributed by atoms with Crippen LogP contribution in [0.1, 0.15) is 399 Å². The second-order valence-corrected chi connectivity index (χ2v) is 28.1. The number of phosphoric ester groups is 1. The van der Waals surface area contributed by atoms with E-state index in [1.807, 2.05) is 21.1 Å². The Labute approximate surface area is 512 Å². The Bertz CT molecular complexity index is 1340. The van der Waals surface area contributed by atoms with Gasteiger partial charge in [-0.1, -0.05) is 373 Å². The highest BCUT2D eigenvalue weighted by Gasteiger charge is 2.22. The lowest BCUT2D eigenvalue weighted by Gasteiger charge is -2.28. The average Bonchev–Trinajstić information content (AvgIpc) is 3.44. The maximum absolute atomic E-state index is 12.9. The third-order valence-electron chi connectivity index (χ3n) is 17.1. The third kappa shape index (κ3) is 68.1. The highest BCUT2D eigenvalue weighted by Crippen LogP contribution is 2.38. The zero-order valence-corrected chi connectivity index (χ0v) is 56.9. The number of phosphoric acid groups is 1. The second kappa shape index (κ2) is 64.5. The number of ether oxygens (including phenoxy) is 2. The third-order valence-corrected chi connectivity index (χ3v) is 18.1. The van der Waals surface area contributed by atoms with Gasteiger partial charge in [-0.25, -0.2) is 0 Å². The quantitative estimate of drug-likeness (QED) is 0.0256. The lowest BCUT2D eigenvalue weighted by atomic mass is 10.0. The Morgan fingerprint density at radius 2 is 0.549 bits per heavy atom. The molecule has 0 aliphatic carbocycles. The summed E-state index contributed by atoms with van der Waals surface area (Å²) in [6, 6.07) is 0. The van der Waals surface area contributed by atoms with Crippen LogP contribution in [0.15, 0.2) is 0 Å². The van der Waals surface area contributed by atoms with Gasteiger partial charge in [-0.3, -0.25) is 14.2 Å². The molecular formula is C72H144NO8P. The molecule has 0 radical (unpaired) electrons. The number of hydrogen-bond donors (Lipinski definition) is 0. The molecule has 0 bridgehead atoms. The van der Waals surface area contributed by atoms with Gasteiger partial charge in [0.25, 0.3) is 7.82 Å². The van der Waals surface area contributed by atoms with E-state index in [9.17, 15) is 19.0 Å². The molecule has 0 saturated carbocycles. The molecule has 0 N–H and O–H groups in total. The van der Waals surface area contributed by atoms with Gasteiger partial charge in [0.1, 0.15) is 19.8 Å². The van der Waals surface area contributed by atoms with Crippen LogP contribution in [-0.4, -0.2) is 70.0 Å². The molecule has 2 atom stereocenters. The van der Waals surface area contributed by atoms with Crippen molar-refractivity contribution in [1.82, 2.24) is 0 Å². The molecule has 9 nitrogen and oxygen atoms in total. The fourth-order valence-electron chi connectivity index (χ4n) is 11.5. The van der Waals surface area contributed by atoms with E-state index in [4.69, 9.17) is 18.5 Å². The molecule has 0 rings (SSSR count). The summed E-state index contributed by atoms with van der Waals surface area (Å²) in [7, 11) is 1.20. The number of carbonyl (C=O) groups excluding carboxylic acids is 2. The van der Waals surface area contributed by atoms with Gasteiger partial charge in [-0.05, 0) is 12.8 Å². The maximum Gasteiger partial charge on any atom is 0.306 e. The number of unbranched alkanes of at least 4 members (excludes halogenated alkanes) is 56. The van der Waals surface area contributed by atoms with E-state index in [1.165, 1.54) is 334 Å². The monoisotopic (exact) mass is 1180 g/mol. The van der Waals surface area contributed by atoms with Crippen molar-refractivity contribution in [1.29, 1.82) is 0 Å². The van der Waals surface area contributed by atoms with Crippen LogP contribution in [0, 0.1) is 0 Å². The number of nitrogens with zero attached hydrogens (tertiary/aromatic N) is 1. The highest BCUT2D eigenvalue weighted by molar-refractivity contribution is 7.45. The molecule has 0 aromatic heterocycles. The zero-order valence-electron chi connectivity index (χ0n) is 56.0. The van der Waals surface area contributed by atoms with Crippen molar-refractivity contribution in [3.05, 3.63) is 0 Å². The van der Waals surface area contributed by atoms with Crippen LogP contribution in [-0.2, 0) is 32.7 Å².